The standard InChI is InChI=1S/C17H25FN2O2/c1-2-3-4-5-6-7-12-19-16(21)17(22)20-13-14-8-10-15(18)11-9-14/h8-11H,2-7,12-13H2,1H3,(H,19,21)(H,20,22). The van der Waals surface area contributed by atoms with Crippen LogP contribution < -0.4 is 10.6 Å². The van der Waals surface area contributed by atoms with E-state index in [1.54, 1.807) is 12.1 Å². The van der Waals surface area contributed by atoms with E-state index in [2.05, 4.69) is 17.6 Å². The molecule has 0 radical (unpaired) electrons. The van der Waals surface area contributed by atoms with Crippen LogP contribution in [0.15, 0.2) is 24.3 Å². The van der Waals surface area contributed by atoms with Gasteiger partial charge >= 0.3 is 11.8 Å². The summed E-state index contributed by atoms with van der Waals surface area (Å²) in [6, 6.07) is 5.79. The van der Waals surface area contributed by atoms with Crippen LogP contribution in [0.3, 0.4) is 0 Å². The smallest absolute Gasteiger partial charge is 0.309 e. The van der Waals surface area contributed by atoms with Gasteiger partial charge in [0.05, 0.1) is 0 Å². The zero-order valence-corrected chi connectivity index (χ0v) is 13.2. The highest BCUT2D eigenvalue weighted by Crippen LogP contribution is 2.04. The maximum atomic E-state index is 12.7. The lowest BCUT2D eigenvalue weighted by Crippen LogP contribution is -2.39. The normalized spacial score (nSPS) is 10.3. The van der Waals surface area contributed by atoms with Crippen molar-refractivity contribution in [3.63, 3.8) is 0 Å². The number of hydrogen-bond acceptors (Lipinski definition) is 2. The zero-order chi connectivity index (χ0) is 16.2. The molecular weight excluding hydrogens is 283 g/mol. The number of unbranched alkanes of at least 4 members (excludes halogenated alkanes) is 5. The first kappa shape index (κ1) is 18.1. The van der Waals surface area contributed by atoms with E-state index in [9.17, 15) is 14.0 Å². The molecule has 0 aliphatic carbocycles. The largest absolute Gasteiger partial charge is 0.348 e. The highest BCUT2D eigenvalue weighted by molar-refractivity contribution is 6.35. The van der Waals surface area contributed by atoms with Crippen molar-refractivity contribution in [1.82, 2.24) is 10.6 Å². The van der Waals surface area contributed by atoms with Crippen LogP contribution in [0.4, 0.5) is 4.39 Å². The fourth-order valence-corrected chi connectivity index (χ4v) is 2.05. The van der Waals surface area contributed by atoms with Crippen LogP contribution in [0.5, 0.6) is 0 Å². The number of carbonyl (C=O) groups is 2. The minimum Gasteiger partial charge on any atom is -0.348 e. The number of hydrogen-bond donors (Lipinski definition) is 2. The third kappa shape index (κ3) is 7.76. The van der Waals surface area contributed by atoms with E-state index in [4.69, 9.17) is 0 Å². The van der Waals surface area contributed by atoms with Crippen LogP contribution in [-0.4, -0.2) is 18.4 Å². The van der Waals surface area contributed by atoms with Crippen molar-refractivity contribution < 1.29 is 14.0 Å². The average molecular weight is 308 g/mol. The molecule has 0 fully saturated rings. The minimum atomic E-state index is -0.657. The Bertz CT molecular complexity index is 460. The molecule has 0 atom stereocenters. The van der Waals surface area contributed by atoms with Crippen LogP contribution in [-0.2, 0) is 16.1 Å². The van der Waals surface area contributed by atoms with Crippen LogP contribution in [0.1, 0.15) is 51.0 Å². The molecule has 22 heavy (non-hydrogen) atoms. The van der Waals surface area contributed by atoms with E-state index in [1.807, 2.05) is 0 Å². The SMILES string of the molecule is CCCCCCCCNC(=O)C(=O)NCc1ccc(F)cc1. The van der Waals surface area contributed by atoms with Gasteiger partial charge in [0, 0.05) is 13.1 Å². The molecular formula is C17H25FN2O2. The molecule has 0 aromatic heterocycles. The number of halogens is 1. The summed E-state index contributed by atoms with van der Waals surface area (Å²) in [5.41, 5.74) is 0.749. The Hall–Kier alpha value is -1.91. The highest BCUT2D eigenvalue weighted by Gasteiger charge is 2.11. The van der Waals surface area contributed by atoms with Gasteiger partial charge in [0.25, 0.3) is 0 Å². The van der Waals surface area contributed by atoms with Gasteiger partial charge in [-0.15, -0.1) is 0 Å². The van der Waals surface area contributed by atoms with Gasteiger partial charge in [-0.2, -0.15) is 0 Å². The molecule has 0 saturated heterocycles. The van der Waals surface area contributed by atoms with Crippen LogP contribution in [0.25, 0.3) is 0 Å². The number of nitrogens with one attached hydrogen (secondary N) is 2. The topological polar surface area (TPSA) is 58.2 Å². The summed E-state index contributed by atoms with van der Waals surface area (Å²) < 4.78 is 12.7. The third-order valence-electron chi connectivity index (χ3n) is 3.39. The summed E-state index contributed by atoms with van der Waals surface area (Å²) in [6.07, 6.45) is 6.81. The molecule has 1 rings (SSSR count). The molecule has 4 nitrogen and oxygen atoms in total. The monoisotopic (exact) mass is 308 g/mol. The molecule has 2 amide bonds. The van der Waals surface area contributed by atoms with E-state index < -0.39 is 11.8 Å². The van der Waals surface area contributed by atoms with Crippen molar-refractivity contribution in [3.8, 4) is 0 Å². The van der Waals surface area contributed by atoms with E-state index in [0.717, 1.165) is 18.4 Å². The number of benzene rings is 1. The van der Waals surface area contributed by atoms with Gasteiger partial charge in [-0.05, 0) is 24.1 Å². The van der Waals surface area contributed by atoms with Crippen molar-refractivity contribution in [2.24, 2.45) is 0 Å². The third-order valence-corrected chi connectivity index (χ3v) is 3.39. The molecule has 1 aromatic carbocycles. The molecule has 2 N–H and O–H groups in total. The maximum Gasteiger partial charge on any atom is 0.309 e. The molecule has 0 spiro atoms. The van der Waals surface area contributed by atoms with Gasteiger partial charge in [-0.1, -0.05) is 51.2 Å². The van der Waals surface area contributed by atoms with Crippen molar-refractivity contribution in [2.45, 2.75) is 52.0 Å². The predicted octanol–water partition coefficient (Wildman–Crippen LogP) is 2.92. The van der Waals surface area contributed by atoms with Crippen molar-refractivity contribution >= 4 is 11.8 Å². The quantitative estimate of drug-likeness (QED) is 0.544. The number of carbonyl (C=O) groups excluding carboxylic acids is 2. The van der Waals surface area contributed by atoms with Gasteiger partial charge in [-0.3, -0.25) is 9.59 Å². The molecule has 0 unspecified atom stereocenters. The molecule has 122 valence electrons. The second-order valence-corrected chi connectivity index (χ2v) is 5.33. The van der Waals surface area contributed by atoms with E-state index in [-0.39, 0.29) is 12.4 Å². The first-order chi connectivity index (χ1) is 10.6. The van der Waals surface area contributed by atoms with E-state index in [0.29, 0.717) is 6.54 Å². The Kier molecular flexibility index (Phi) is 8.88. The number of rotatable bonds is 9. The molecule has 0 aliphatic heterocycles. The van der Waals surface area contributed by atoms with E-state index >= 15 is 0 Å². The van der Waals surface area contributed by atoms with Gasteiger partial charge in [0.1, 0.15) is 5.82 Å². The fraction of sp³-hybridized carbons (Fsp3) is 0.529. The van der Waals surface area contributed by atoms with Crippen molar-refractivity contribution in [2.75, 3.05) is 6.54 Å². The Morgan fingerprint density at radius 3 is 2.18 bits per heavy atom. The summed E-state index contributed by atoms with van der Waals surface area (Å²) in [5.74, 6) is -1.60. The Balaban J connectivity index is 2.11. The summed E-state index contributed by atoms with van der Waals surface area (Å²) in [4.78, 5) is 23.2. The van der Waals surface area contributed by atoms with Gasteiger partial charge in [0.2, 0.25) is 0 Å². The predicted molar refractivity (Wildman–Crippen MR) is 84.6 cm³/mol. The lowest BCUT2D eigenvalue weighted by Gasteiger charge is -2.06. The maximum absolute atomic E-state index is 12.7. The van der Waals surface area contributed by atoms with Crippen LogP contribution in [0.2, 0.25) is 0 Å². The molecule has 5 heteroatoms. The molecule has 0 aliphatic rings. The summed E-state index contributed by atoms with van der Waals surface area (Å²) in [5, 5.41) is 5.12. The second-order valence-electron chi connectivity index (χ2n) is 5.33. The van der Waals surface area contributed by atoms with Gasteiger partial charge < -0.3 is 10.6 Å². The summed E-state index contributed by atoms with van der Waals surface area (Å²) in [7, 11) is 0. The van der Waals surface area contributed by atoms with Crippen LogP contribution >= 0.6 is 0 Å². The Morgan fingerprint density at radius 2 is 1.50 bits per heavy atom. The molecule has 1 aromatic rings. The minimum absolute atomic E-state index is 0.212. The Morgan fingerprint density at radius 1 is 0.909 bits per heavy atom. The van der Waals surface area contributed by atoms with Gasteiger partial charge in [-0.25, -0.2) is 4.39 Å². The lowest BCUT2D eigenvalue weighted by atomic mass is 10.1. The molecule has 0 saturated carbocycles. The van der Waals surface area contributed by atoms with Crippen LogP contribution in [0, 0.1) is 5.82 Å². The fourth-order valence-electron chi connectivity index (χ4n) is 2.05. The summed E-state index contributed by atoms with van der Waals surface area (Å²) in [6.45, 7) is 2.91. The summed E-state index contributed by atoms with van der Waals surface area (Å²) >= 11 is 0. The lowest BCUT2D eigenvalue weighted by molar-refractivity contribution is -0.139. The van der Waals surface area contributed by atoms with Crippen molar-refractivity contribution in [3.05, 3.63) is 35.6 Å². The molecule has 0 heterocycles. The first-order valence-electron chi connectivity index (χ1n) is 7.94. The Labute approximate surface area is 131 Å². The number of amides is 2. The second kappa shape index (κ2) is 10.8. The highest BCUT2D eigenvalue weighted by atomic mass is 19.1. The van der Waals surface area contributed by atoms with E-state index in [1.165, 1.54) is 37.8 Å². The zero-order valence-electron chi connectivity index (χ0n) is 13.2. The average Bonchev–Trinajstić information content (AvgIpc) is 2.53. The first-order valence-corrected chi connectivity index (χ1v) is 7.94. The molecule has 0 bridgehead atoms. The van der Waals surface area contributed by atoms with Crippen molar-refractivity contribution in [1.29, 1.82) is 0 Å². The van der Waals surface area contributed by atoms with Gasteiger partial charge in [0.15, 0.2) is 0 Å².